The van der Waals surface area contributed by atoms with E-state index in [9.17, 15) is 13.6 Å². The van der Waals surface area contributed by atoms with Crippen LogP contribution in [0.5, 0.6) is 0 Å². The Morgan fingerprint density at radius 1 is 1.39 bits per heavy atom. The maximum absolute atomic E-state index is 13.7. The molecule has 18 heavy (non-hydrogen) atoms. The van der Waals surface area contributed by atoms with Crippen LogP contribution in [0.2, 0.25) is 0 Å². The molecule has 0 aliphatic heterocycles. The highest BCUT2D eigenvalue weighted by molar-refractivity contribution is 6.00. The zero-order valence-electron chi connectivity index (χ0n) is 10.5. The van der Waals surface area contributed by atoms with Crippen LogP contribution in [0.15, 0.2) is 12.1 Å². The van der Waals surface area contributed by atoms with E-state index < -0.39 is 23.5 Å². The van der Waals surface area contributed by atoms with E-state index in [0.29, 0.717) is 6.61 Å². The van der Waals surface area contributed by atoms with Gasteiger partial charge in [-0.25, -0.2) is 8.78 Å². The fourth-order valence-electron chi connectivity index (χ4n) is 1.99. The summed E-state index contributed by atoms with van der Waals surface area (Å²) in [6.07, 6.45) is 1.19. The first kappa shape index (κ1) is 13.1. The Kier molecular flexibility index (Phi) is 3.76. The van der Waals surface area contributed by atoms with Gasteiger partial charge in [-0.05, 0) is 44.2 Å². The first-order valence-electron chi connectivity index (χ1n) is 6.16. The Morgan fingerprint density at radius 2 is 2.06 bits per heavy atom. The second-order valence-corrected chi connectivity index (χ2v) is 4.64. The molecule has 1 unspecified atom stereocenters. The number of ketones is 1. The van der Waals surface area contributed by atoms with Gasteiger partial charge in [0, 0.05) is 6.61 Å². The van der Waals surface area contributed by atoms with Gasteiger partial charge in [-0.2, -0.15) is 0 Å². The van der Waals surface area contributed by atoms with Gasteiger partial charge in [0.25, 0.3) is 0 Å². The van der Waals surface area contributed by atoms with Crippen molar-refractivity contribution >= 4 is 5.78 Å². The average Bonchev–Trinajstić information content (AvgIpc) is 3.17. The van der Waals surface area contributed by atoms with E-state index in [1.807, 2.05) is 0 Å². The summed E-state index contributed by atoms with van der Waals surface area (Å²) in [7, 11) is 0. The maximum Gasteiger partial charge on any atom is 0.194 e. The molecule has 2 nitrogen and oxygen atoms in total. The Hall–Kier alpha value is -1.29. The lowest BCUT2D eigenvalue weighted by molar-refractivity contribution is 0.0370. The van der Waals surface area contributed by atoms with Crippen LogP contribution in [0, 0.1) is 24.5 Å². The van der Waals surface area contributed by atoms with Crippen LogP contribution >= 0.6 is 0 Å². The smallest absolute Gasteiger partial charge is 0.194 e. The number of hydrogen-bond donors (Lipinski definition) is 0. The van der Waals surface area contributed by atoms with E-state index in [4.69, 9.17) is 4.74 Å². The third kappa shape index (κ3) is 2.43. The van der Waals surface area contributed by atoms with E-state index in [1.165, 1.54) is 19.1 Å². The molecule has 0 amide bonds. The van der Waals surface area contributed by atoms with Gasteiger partial charge in [-0.15, -0.1) is 0 Å². The molecule has 98 valence electrons. The van der Waals surface area contributed by atoms with Gasteiger partial charge in [0.15, 0.2) is 17.4 Å². The van der Waals surface area contributed by atoms with Crippen molar-refractivity contribution in [3.63, 3.8) is 0 Å². The molecule has 1 saturated carbocycles. The van der Waals surface area contributed by atoms with Gasteiger partial charge in [0.2, 0.25) is 0 Å². The predicted molar refractivity (Wildman–Crippen MR) is 63.6 cm³/mol. The highest BCUT2D eigenvalue weighted by Crippen LogP contribution is 2.36. The summed E-state index contributed by atoms with van der Waals surface area (Å²) in [5, 5.41) is 0. The molecule has 0 spiro atoms. The molecule has 1 aliphatic rings. The number of ether oxygens (including phenoxy) is 1. The predicted octanol–water partition coefficient (Wildman–Crippen LogP) is 3.27. The number of halogens is 2. The standard InChI is InChI=1S/C14H16F2O2/c1-3-18-14(9-5-6-9)13(17)10-7-4-8(2)11(15)12(10)16/h4,7,9,14H,3,5-6H2,1-2H3. The van der Waals surface area contributed by atoms with Crippen molar-refractivity contribution in [2.24, 2.45) is 5.92 Å². The van der Waals surface area contributed by atoms with Crippen molar-refractivity contribution in [1.29, 1.82) is 0 Å². The van der Waals surface area contributed by atoms with E-state index in [-0.39, 0.29) is 17.0 Å². The lowest BCUT2D eigenvalue weighted by atomic mass is 10.0. The van der Waals surface area contributed by atoms with E-state index >= 15 is 0 Å². The molecule has 1 atom stereocenters. The molecule has 1 aromatic carbocycles. The summed E-state index contributed by atoms with van der Waals surface area (Å²) >= 11 is 0. The van der Waals surface area contributed by atoms with E-state index in [2.05, 4.69) is 0 Å². The maximum atomic E-state index is 13.7. The normalized spacial score (nSPS) is 16.7. The zero-order valence-corrected chi connectivity index (χ0v) is 10.5. The number of aryl methyl sites for hydroxylation is 1. The topological polar surface area (TPSA) is 26.3 Å². The number of carbonyl (C=O) groups is 1. The average molecular weight is 254 g/mol. The molecule has 0 saturated heterocycles. The Balaban J connectivity index is 2.29. The van der Waals surface area contributed by atoms with Crippen molar-refractivity contribution in [2.45, 2.75) is 32.8 Å². The molecular formula is C14H16F2O2. The van der Waals surface area contributed by atoms with Crippen molar-refractivity contribution in [3.8, 4) is 0 Å². The highest BCUT2D eigenvalue weighted by atomic mass is 19.2. The summed E-state index contributed by atoms with van der Waals surface area (Å²) in [6.45, 7) is 3.64. The number of hydrogen-bond acceptors (Lipinski definition) is 2. The minimum absolute atomic E-state index is 0.154. The largest absolute Gasteiger partial charge is 0.370 e. The minimum Gasteiger partial charge on any atom is -0.370 e. The fourth-order valence-corrected chi connectivity index (χ4v) is 1.99. The van der Waals surface area contributed by atoms with E-state index in [1.54, 1.807) is 6.92 Å². The van der Waals surface area contributed by atoms with Crippen LogP contribution in [0.3, 0.4) is 0 Å². The van der Waals surface area contributed by atoms with Crippen molar-refractivity contribution in [2.75, 3.05) is 6.61 Å². The third-order valence-corrected chi connectivity index (χ3v) is 3.20. The fraction of sp³-hybridized carbons (Fsp3) is 0.500. The number of carbonyl (C=O) groups excluding carboxylic acids is 1. The van der Waals surface area contributed by atoms with Crippen LogP contribution in [0.25, 0.3) is 0 Å². The summed E-state index contributed by atoms with van der Waals surface area (Å²) in [5.41, 5.74) is -0.00752. The van der Waals surface area contributed by atoms with Crippen LogP contribution in [0.4, 0.5) is 8.78 Å². The SMILES string of the molecule is CCOC(C(=O)c1ccc(C)c(F)c1F)C1CC1. The van der Waals surface area contributed by atoms with Crippen LogP contribution < -0.4 is 0 Å². The van der Waals surface area contributed by atoms with Crippen LogP contribution in [-0.4, -0.2) is 18.5 Å². The quantitative estimate of drug-likeness (QED) is 0.754. The molecule has 4 heteroatoms. The van der Waals surface area contributed by atoms with E-state index in [0.717, 1.165) is 12.8 Å². The lowest BCUT2D eigenvalue weighted by Gasteiger charge is -2.15. The third-order valence-electron chi connectivity index (χ3n) is 3.20. The van der Waals surface area contributed by atoms with Crippen LogP contribution in [-0.2, 0) is 4.74 Å². The summed E-state index contributed by atoms with van der Waals surface area (Å²) in [6, 6.07) is 2.76. The molecule has 2 rings (SSSR count). The number of rotatable bonds is 5. The molecule has 1 fully saturated rings. The molecule has 0 radical (unpaired) electrons. The second kappa shape index (κ2) is 5.14. The van der Waals surface area contributed by atoms with Gasteiger partial charge in [-0.3, -0.25) is 4.79 Å². The molecule has 0 aromatic heterocycles. The molecule has 0 bridgehead atoms. The van der Waals surface area contributed by atoms with Gasteiger partial charge >= 0.3 is 0 Å². The molecule has 1 aliphatic carbocycles. The minimum atomic E-state index is -1.06. The lowest BCUT2D eigenvalue weighted by Crippen LogP contribution is -2.27. The van der Waals surface area contributed by atoms with Gasteiger partial charge in [0.05, 0.1) is 5.56 Å². The first-order valence-corrected chi connectivity index (χ1v) is 6.16. The Labute approximate surface area is 105 Å². The highest BCUT2D eigenvalue weighted by Gasteiger charge is 2.38. The Morgan fingerprint density at radius 3 is 2.61 bits per heavy atom. The van der Waals surface area contributed by atoms with Crippen molar-refractivity contribution in [1.82, 2.24) is 0 Å². The second-order valence-electron chi connectivity index (χ2n) is 4.64. The summed E-state index contributed by atoms with van der Waals surface area (Å²) < 4.78 is 32.6. The molecule has 0 N–H and O–H groups in total. The molecular weight excluding hydrogens is 238 g/mol. The molecule has 0 heterocycles. The Bertz CT molecular complexity index is 467. The van der Waals surface area contributed by atoms with Gasteiger partial charge in [-0.1, -0.05) is 6.07 Å². The van der Waals surface area contributed by atoms with Gasteiger partial charge in [0.1, 0.15) is 6.10 Å². The van der Waals surface area contributed by atoms with Gasteiger partial charge < -0.3 is 4.74 Å². The van der Waals surface area contributed by atoms with Crippen molar-refractivity contribution < 1.29 is 18.3 Å². The summed E-state index contributed by atoms with van der Waals surface area (Å²) in [5.74, 6) is -2.31. The zero-order chi connectivity index (χ0) is 13.3. The van der Waals surface area contributed by atoms with Crippen LogP contribution in [0.1, 0.15) is 35.7 Å². The number of benzene rings is 1. The number of Topliss-reactive ketones (excluding diaryl/α,β-unsaturated/α-hetero) is 1. The molecule has 1 aromatic rings. The first-order chi connectivity index (χ1) is 8.56. The summed E-state index contributed by atoms with van der Waals surface area (Å²) in [4.78, 5) is 12.2. The monoisotopic (exact) mass is 254 g/mol. The van der Waals surface area contributed by atoms with Crippen molar-refractivity contribution in [3.05, 3.63) is 34.9 Å².